The van der Waals surface area contributed by atoms with E-state index in [4.69, 9.17) is 16.3 Å². The second kappa shape index (κ2) is 10.3. The minimum absolute atomic E-state index is 0.184. The molecule has 0 aliphatic heterocycles. The van der Waals surface area contributed by atoms with Gasteiger partial charge in [0.15, 0.2) is 11.0 Å². The van der Waals surface area contributed by atoms with Gasteiger partial charge in [0.2, 0.25) is 0 Å². The summed E-state index contributed by atoms with van der Waals surface area (Å²) in [6.07, 6.45) is 4.02. The number of halogens is 1. The molecule has 1 heterocycles. The zero-order valence-electron chi connectivity index (χ0n) is 16.4. The van der Waals surface area contributed by atoms with Gasteiger partial charge in [0.1, 0.15) is 5.75 Å². The summed E-state index contributed by atoms with van der Waals surface area (Å²) in [5.74, 6) is 1.21. The van der Waals surface area contributed by atoms with Crippen LogP contribution in [-0.4, -0.2) is 33.5 Å². The van der Waals surface area contributed by atoms with Gasteiger partial charge in [0, 0.05) is 10.6 Å². The van der Waals surface area contributed by atoms with Crippen LogP contribution in [0, 0.1) is 0 Å². The van der Waals surface area contributed by atoms with Crippen molar-refractivity contribution in [2.24, 2.45) is 0 Å². The summed E-state index contributed by atoms with van der Waals surface area (Å²) < 4.78 is 7.52. The number of ether oxygens (including phenoxy) is 1. The third kappa shape index (κ3) is 5.52. The van der Waals surface area contributed by atoms with Crippen LogP contribution < -0.4 is 10.1 Å². The molecule has 0 aliphatic rings. The van der Waals surface area contributed by atoms with Crippen LogP contribution in [0.1, 0.15) is 35.9 Å². The number of hydrogen-bond donors (Lipinski definition) is 1. The topological polar surface area (TPSA) is 69.0 Å². The van der Waals surface area contributed by atoms with Crippen molar-refractivity contribution in [1.82, 2.24) is 20.1 Å². The Balaban J connectivity index is 1.68. The predicted octanol–water partition coefficient (Wildman–Crippen LogP) is 4.75. The van der Waals surface area contributed by atoms with Crippen molar-refractivity contribution >= 4 is 29.3 Å². The first-order valence-electron chi connectivity index (χ1n) is 9.37. The molecule has 0 atom stereocenters. The molecule has 152 valence electrons. The van der Waals surface area contributed by atoms with Crippen LogP contribution in [-0.2, 0) is 6.54 Å². The molecule has 3 aromatic rings. The molecule has 0 radical (unpaired) electrons. The maximum atomic E-state index is 12.5. The van der Waals surface area contributed by atoms with Crippen LogP contribution in [0.5, 0.6) is 5.75 Å². The first-order valence-corrected chi connectivity index (χ1v) is 11.0. The lowest BCUT2D eigenvalue weighted by Crippen LogP contribution is -2.24. The van der Waals surface area contributed by atoms with Gasteiger partial charge in [-0.25, -0.2) is 0 Å². The van der Waals surface area contributed by atoms with E-state index in [1.165, 1.54) is 11.8 Å². The molecule has 0 saturated carbocycles. The number of benzene rings is 2. The summed E-state index contributed by atoms with van der Waals surface area (Å²) in [6.45, 7) is 3.04. The third-order valence-electron chi connectivity index (χ3n) is 4.24. The van der Waals surface area contributed by atoms with Gasteiger partial charge in [-0.15, -0.1) is 10.2 Å². The third-order valence-corrected chi connectivity index (χ3v) is 5.10. The molecule has 8 heteroatoms. The molecule has 29 heavy (non-hydrogen) atoms. The van der Waals surface area contributed by atoms with E-state index in [1.807, 2.05) is 47.2 Å². The SMILES string of the molecule is CCCCOc1ccc(C(=O)NCc2nnc(SC)n2-c2cccc(Cl)c2)cc1. The summed E-state index contributed by atoms with van der Waals surface area (Å²) >= 11 is 7.61. The number of amides is 1. The highest BCUT2D eigenvalue weighted by atomic mass is 35.5. The molecule has 0 fully saturated rings. The fourth-order valence-electron chi connectivity index (χ4n) is 2.72. The van der Waals surface area contributed by atoms with Crippen LogP contribution >= 0.6 is 23.4 Å². The number of thioether (sulfide) groups is 1. The Morgan fingerprint density at radius 3 is 2.69 bits per heavy atom. The first-order chi connectivity index (χ1) is 14.1. The second-order valence-electron chi connectivity index (χ2n) is 6.33. The van der Waals surface area contributed by atoms with Crippen molar-refractivity contribution in [3.8, 4) is 11.4 Å². The van der Waals surface area contributed by atoms with Gasteiger partial charge in [0.05, 0.1) is 18.8 Å². The number of rotatable bonds is 9. The first kappa shape index (κ1) is 21.2. The van der Waals surface area contributed by atoms with E-state index in [0.29, 0.717) is 23.0 Å². The van der Waals surface area contributed by atoms with E-state index in [-0.39, 0.29) is 12.5 Å². The molecule has 0 aliphatic carbocycles. The van der Waals surface area contributed by atoms with Crippen molar-refractivity contribution in [3.63, 3.8) is 0 Å². The molecule has 2 aromatic carbocycles. The van der Waals surface area contributed by atoms with E-state index in [2.05, 4.69) is 22.4 Å². The van der Waals surface area contributed by atoms with Gasteiger partial charge in [-0.3, -0.25) is 9.36 Å². The van der Waals surface area contributed by atoms with E-state index in [0.717, 1.165) is 29.4 Å². The van der Waals surface area contributed by atoms with Gasteiger partial charge in [-0.1, -0.05) is 42.8 Å². The molecule has 0 saturated heterocycles. The summed E-state index contributed by atoms with van der Waals surface area (Å²) in [7, 11) is 0. The van der Waals surface area contributed by atoms with Gasteiger partial charge < -0.3 is 10.1 Å². The van der Waals surface area contributed by atoms with Crippen LogP contribution in [0.3, 0.4) is 0 Å². The molecular formula is C21H23ClN4O2S. The predicted molar refractivity (Wildman–Crippen MR) is 116 cm³/mol. The Bertz CT molecular complexity index is 960. The Morgan fingerprint density at radius 2 is 2.00 bits per heavy atom. The van der Waals surface area contributed by atoms with Crippen molar-refractivity contribution in [1.29, 1.82) is 0 Å². The molecule has 0 spiro atoms. The summed E-state index contributed by atoms with van der Waals surface area (Å²) in [5, 5.41) is 12.7. The van der Waals surface area contributed by atoms with Crippen LogP contribution in [0.4, 0.5) is 0 Å². The Hall–Kier alpha value is -2.51. The Labute approximate surface area is 179 Å². The average Bonchev–Trinajstić information content (AvgIpc) is 3.16. The average molecular weight is 431 g/mol. The molecule has 1 N–H and O–H groups in total. The lowest BCUT2D eigenvalue weighted by molar-refractivity contribution is 0.0949. The summed E-state index contributed by atoms with van der Waals surface area (Å²) in [5.41, 5.74) is 1.41. The maximum absolute atomic E-state index is 12.5. The fraction of sp³-hybridized carbons (Fsp3) is 0.286. The Kier molecular flexibility index (Phi) is 7.55. The van der Waals surface area contributed by atoms with Gasteiger partial charge in [-0.05, 0) is 55.1 Å². The second-order valence-corrected chi connectivity index (χ2v) is 7.54. The van der Waals surface area contributed by atoms with Gasteiger partial charge in [0.25, 0.3) is 5.91 Å². The highest BCUT2D eigenvalue weighted by molar-refractivity contribution is 7.98. The molecule has 3 rings (SSSR count). The monoisotopic (exact) mass is 430 g/mol. The van der Waals surface area contributed by atoms with Crippen molar-refractivity contribution in [2.45, 2.75) is 31.5 Å². The number of carbonyl (C=O) groups is 1. The standard InChI is InChI=1S/C21H23ClN4O2S/c1-3-4-12-28-18-10-8-15(9-11-18)20(27)23-14-19-24-25-21(29-2)26(19)17-7-5-6-16(22)13-17/h5-11,13H,3-4,12,14H2,1-2H3,(H,23,27). The molecule has 6 nitrogen and oxygen atoms in total. The molecular weight excluding hydrogens is 408 g/mol. The molecule has 1 aromatic heterocycles. The molecule has 0 unspecified atom stereocenters. The zero-order valence-corrected chi connectivity index (χ0v) is 18.0. The van der Waals surface area contributed by atoms with Gasteiger partial charge in [-0.2, -0.15) is 0 Å². The smallest absolute Gasteiger partial charge is 0.251 e. The summed E-state index contributed by atoms with van der Waals surface area (Å²) in [6, 6.07) is 14.6. The zero-order chi connectivity index (χ0) is 20.6. The number of hydrogen-bond acceptors (Lipinski definition) is 5. The number of nitrogens with one attached hydrogen (secondary N) is 1. The molecule has 1 amide bonds. The lowest BCUT2D eigenvalue weighted by atomic mass is 10.2. The largest absolute Gasteiger partial charge is 0.494 e. The summed E-state index contributed by atoms with van der Waals surface area (Å²) in [4.78, 5) is 12.5. The quantitative estimate of drug-likeness (QED) is 0.392. The number of aromatic nitrogens is 3. The van der Waals surface area contributed by atoms with Gasteiger partial charge >= 0.3 is 0 Å². The van der Waals surface area contributed by atoms with Crippen LogP contribution in [0.15, 0.2) is 53.7 Å². The van der Waals surface area contributed by atoms with E-state index in [9.17, 15) is 4.79 Å². The Morgan fingerprint density at radius 1 is 1.21 bits per heavy atom. The minimum Gasteiger partial charge on any atom is -0.494 e. The van der Waals surface area contributed by atoms with Crippen LogP contribution in [0.2, 0.25) is 5.02 Å². The van der Waals surface area contributed by atoms with Crippen LogP contribution in [0.25, 0.3) is 5.69 Å². The normalized spacial score (nSPS) is 10.7. The van der Waals surface area contributed by atoms with Crippen molar-refractivity contribution in [3.05, 3.63) is 64.9 Å². The van der Waals surface area contributed by atoms with E-state index in [1.54, 1.807) is 12.1 Å². The lowest BCUT2D eigenvalue weighted by Gasteiger charge is -2.11. The van der Waals surface area contributed by atoms with Crippen molar-refractivity contribution in [2.75, 3.05) is 12.9 Å². The highest BCUT2D eigenvalue weighted by Gasteiger charge is 2.15. The minimum atomic E-state index is -0.184. The number of carbonyl (C=O) groups excluding carboxylic acids is 1. The van der Waals surface area contributed by atoms with E-state index < -0.39 is 0 Å². The van der Waals surface area contributed by atoms with E-state index >= 15 is 0 Å². The maximum Gasteiger partial charge on any atom is 0.251 e. The fourth-order valence-corrected chi connectivity index (χ4v) is 3.42. The van der Waals surface area contributed by atoms with Crippen molar-refractivity contribution < 1.29 is 9.53 Å². The number of nitrogens with zero attached hydrogens (tertiary/aromatic N) is 3. The molecule has 0 bridgehead atoms. The number of unbranched alkanes of at least 4 members (excludes halogenated alkanes) is 1. The highest BCUT2D eigenvalue weighted by Crippen LogP contribution is 2.22.